The summed E-state index contributed by atoms with van der Waals surface area (Å²) in [5, 5.41) is 3.04. The fourth-order valence-electron chi connectivity index (χ4n) is 2.30. The van der Waals surface area contributed by atoms with Crippen molar-refractivity contribution in [3.63, 3.8) is 0 Å². The van der Waals surface area contributed by atoms with Crippen LogP contribution in [0.4, 0.5) is 18.9 Å². The van der Waals surface area contributed by atoms with E-state index >= 15 is 0 Å². The summed E-state index contributed by atoms with van der Waals surface area (Å²) in [7, 11) is 1.62. The van der Waals surface area contributed by atoms with Crippen LogP contribution in [-0.4, -0.2) is 25.9 Å². The van der Waals surface area contributed by atoms with Gasteiger partial charge in [0.25, 0.3) is 0 Å². The van der Waals surface area contributed by atoms with Gasteiger partial charge in [0.2, 0.25) is 0 Å². The minimum atomic E-state index is -4.32. The molecule has 3 N–H and O–H groups in total. The van der Waals surface area contributed by atoms with Crippen molar-refractivity contribution in [1.82, 2.24) is 0 Å². The summed E-state index contributed by atoms with van der Waals surface area (Å²) >= 11 is 0. The molecule has 0 amide bonds. The largest absolute Gasteiger partial charge is 0.411 e. The number of ether oxygens (including phenoxy) is 2. The highest BCUT2D eigenvalue weighted by Crippen LogP contribution is 2.17. The first-order chi connectivity index (χ1) is 12.9. The van der Waals surface area contributed by atoms with Gasteiger partial charge >= 0.3 is 6.18 Å². The number of guanidine groups is 1. The van der Waals surface area contributed by atoms with Crippen molar-refractivity contribution in [1.29, 1.82) is 0 Å². The van der Waals surface area contributed by atoms with Crippen LogP contribution in [0.2, 0.25) is 0 Å². The highest BCUT2D eigenvalue weighted by atomic mass is 19.4. The fraction of sp³-hybridized carbons (Fsp3) is 0.316. The molecule has 2 aromatic carbocycles. The highest BCUT2D eigenvalue weighted by molar-refractivity contribution is 5.92. The van der Waals surface area contributed by atoms with Crippen LogP contribution in [0.1, 0.15) is 16.7 Å². The van der Waals surface area contributed by atoms with E-state index in [0.29, 0.717) is 18.7 Å². The summed E-state index contributed by atoms with van der Waals surface area (Å²) < 4.78 is 45.9. The number of para-hydroxylation sites is 1. The molecular weight excluding hydrogens is 359 g/mol. The van der Waals surface area contributed by atoms with Crippen molar-refractivity contribution in [2.75, 3.05) is 19.0 Å². The number of aliphatic imine (C=N–C) groups is 1. The lowest BCUT2D eigenvalue weighted by molar-refractivity contribution is -0.176. The molecule has 5 nitrogen and oxygen atoms in total. The van der Waals surface area contributed by atoms with Gasteiger partial charge in [0.05, 0.1) is 19.8 Å². The van der Waals surface area contributed by atoms with E-state index in [1.54, 1.807) is 31.4 Å². The molecule has 0 spiro atoms. The van der Waals surface area contributed by atoms with Crippen molar-refractivity contribution in [3.05, 3.63) is 65.2 Å². The molecule has 0 saturated heterocycles. The van der Waals surface area contributed by atoms with E-state index in [2.05, 4.69) is 15.0 Å². The first-order valence-electron chi connectivity index (χ1n) is 8.23. The molecule has 0 heterocycles. The van der Waals surface area contributed by atoms with Gasteiger partial charge in [-0.1, -0.05) is 42.5 Å². The van der Waals surface area contributed by atoms with Gasteiger partial charge in [0.15, 0.2) is 5.96 Å². The molecule has 2 aromatic rings. The Kier molecular flexibility index (Phi) is 7.63. The molecule has 0 aromatic heterocycles. The lowest BCUT2D eigenvalue weighted by Crippen LogP contribution is -2.23. The van der Waals surface area contributed by atoms with E-state index in [1.807, 2.05) is 24.3 Å². The molecule has 146 valence electrons. The molecule has 2 rings (SSSR count). The molecule has 0 saturated carbocycles. The predicted molar refractivity (Wildman–Crippen MR) is 98.3 cm³/mol. The third-order valence-corrected chi connectivity index (χ3v) is 3.57. The normalized spacial score (nSPS) is 12.2. The van der Waals surface area contributed by atoms with Crippen LogP contribution in [0.5, 0.6) is 0 Å². The zero-order valence-corrected chi connectivity index (χ0v) is 14.9. The van der Waals surface area contributed by atoms with Crippen LogP contribution in [0.25, 0.3) is 0 Å². The van der Waals surface area contributed by atoms with E-state index in [9.17, 15) is 13.2 Å². The average Bonchev–Trinajstić information content (AvgIpc) is 2.62. The van der Waals surface area contributed by atoms with Crippen molar-refractivity contribution in [2.24, 2.45) is 10.7 Å². The summed E-state index contributed by atoms with van der Waals surface area (Å²) in [6.45, 7) is -0.557. The van der Waals surface area contributed by atoms with Gasteiger partial charge < -0.3 is 20.5 Å². The second-order valence-electron chi connectivity index (χ2n) is 5.84. The molecule has 8 heteroatoms. The minimum absolute atomic E-state index is 0.0942. The van der Waals surface area contributed by atoms with E-state index in [1.165, 1.54) is 0 Å². The number of rotatable bonds is 8. The van der Waals surface area contributed by atoms with E-state index < -0.39 is 12.8 Å². The second-order valence-corrected chi connectivity index (χ2v) is 5.84. The maximum Gasteiger partial charge on any atom is 0.411 e. The number of halogens is 3. The Morgan fingerprint density at radius 1 is 1.04 bits per heavy atom. The topological polar surface area (TPSA) is 68.9 Å². The summed E-state index contributed by atoms with van der Waals surface area (Å²) in [5.74, 6) is 0.260. The van der Waals surface area contributed by atoms with Crippen LogP contribution >= 0.6 is 0 Å². The van der Waals surface area contributed by atoms with Crippen molar-refractivity contribution < 1.29 is 22.6 Å². The number of nitrogens with one attached hydrogen (secondary N) is 1. The monoisotopic (exact) mass is 381 g/mol. The van der Waals surface area contributed by atoms with Crippen LogP contribution in [0, 0.1) is 0 Å². The highest BCUT2D eigenvalue weighted by Gasteiger charge is 2.27. The second kappa shape index (κ2) is 9.94. The van der Waals surface area contributed by atoms with Crippen molar-refractivity contribution in [3.8, 4) is 0 Å². The van der Waals surface area contributed by atoms with Gasteiger partial charge in [-0.05, 0) is 17.2 Å². The van der Waals surface area contributed by atoms with Gasteiger partial charge in [0.1, 0.15) is 6.61 Å². The molecule has 0 aliphatic carbocycles. The smallest absolute Gasteiger partial charge is 0.380 e. The van der Waals surface area contributed by atoms with Crippen LogP contribution in [-0.2, 0) is 29.2 Å². The van der Waals surface area contributed by atoms with Crippen LogP contribution in [0.3, 0.4) is 0 Å². The number of hydrogen-bond donors (Lipinski definition) is 2. The van der Waals surface area contributed by atoms with Gasteiger partial charge in [-0.2, -0.15) is 13.2 Å². The maximum atomic E-state index is 12.1. The Morgan fingerprint density at radius 3 is 2.37 bits per heavy atom. The number of alkyl halides is 3. The van der Waals surface area contributed by atoms with Gasteiger partial charge in [-0.25, -0.2) is 4.99 Å². The Hall–Kier alpha value is -2.58. The quantitative estimate of drug-likeness (QED) is 0.539. The molecule has 0 atom stereocenters. The standard InChI is InChI=1S/C19H22F3N3O2/c1-26-12-16-4-2-3-5-17(16)25-18(23)24-10-14-6-8-15(9-7-14)11-27-13-19(20,21)22/h2-9H,10-13H2,1H3,(H3,23,24,25). The molecule has 0 unspecified atom stereocenters. The molecule has 0 aliphatic heterocycles. The van der Waals surface area contributed by atoms with Crippen LogP contribution < -0.4 is 11.1 Å². The first-order valence-corrected chi connectivity index (χ1v) is 8.23. The lowest BCUT2D eigenvalue weighted by Gasteiger charge is -2.11. The number of benzene rings is 2. The van der Waals surface area contributed by atoms with E-state index in [0.717, 1.165) is 16.8 Å². The zero-order valence-electron chi connectivity index (χ0n) is 14.9. The predicted octanol–water partition coefficient (Wildman–Crippen LogP) is 3.84. The Labute approximate surface area is 156 Å². The molecule has 0 radical (unpaired) electrons. The lowest BCUT2D eigenvalue weighted by atomic mass is 10.1. The molecule has 0 aliphatic rings. The van der Waals surface area contributed by atoms with Crippen molar-refractivity contribution >= 4 is 11.6 Å². The Balaban J connectivity index is 1.88. The summed E-state index contributed by atoms with van der Waals surface area (Å²) in [6, 6.07) is 14.6. The number of hydrogen-bond acceptors (Lipinski definition) is 3. The maximum absolute atomic E-state index is 12.1. The summed E-state index contributed by atoms with van der Waals surface area (Å²) in [4.78, 5) is 4.28. The van der Waals surface area contributed by atoms with Crippen molar-refractivity contribution in [2.45, 2.75) is 25.9 Å². The fourth-order valence-corrected chi connectivity index (χ4v) is 2.30. The average molecular weight is 381 g/mol. The Morgan fingerprint density at radius 2 is 1.70 bits per heavy atom. The summed E-state index contributed by atoms with van der Waals surface area (Å²) in [6.07, 6.45) is -4.32. The number of nitrogens with two attached hydrogens (primary N) is 1. The summed E-state index contributed by atoms with van der Waals surface area (Å²) in [5.41, 5.74) is 9.24. The zero-order chi connectivity index (χ0) is 19.7. The molecule has 0 bridgehead atoms. The van der Waals surface area contributed by atoms with Gasteiger partial charge in [-0.3, -0.25) is 0 Å². The van der Waals surface area contributed by atoms with Gasteiger partial charge in [0, 0.05) is 18.4 Å². The van der Waals surface area contributed by atoms with E-state index in [4.69, 9.17) is 10.5 Å². The minimum Gasteiger partial charge on any atom is -0.380 e. The van der Waals surface area contributed by atoms with Gasteiger partial charge in [-0.15, -0.1) is 0 Å². The SMILES string of the molecule is COCc1ccccc1NC(N)=NCc1ccc(COCC(F)(F)F)cc1. The Bertz CT molecular complexity index is 747. The van der Waals surface area contributed by atoms with E-state index in [-0.39, 0.29) is 12.6 Å². The third kappa shape index (κ3) is 7.67. The molecule has 0 fully saturated rings. The molecular formula is C19H22F3N3O2. The number of methoxy groups -OCH3 is 1. The first kappa shape index (κ1) is 20.7. The molecule has 27 heavy (non-hydrogen) atoms. The number of nitrogens with zero attached hydrogens (tertiary/aromatic N) is 1. The number of anilines is 1. The third-order valence-electron chi connectivity index (χ3n) is 3.57. The van der Waals surface area contributed by atoms with Crippen LogP contribution in [0.15, 0.2) is 53.5 Å².